The van der Waals surface area contributed by atoms with E-state index in [9.17, 15) is 5.11 Å². The van der Waals surface area contributed by atoms with Crippen molar-refractivity contribution in [2.75, 3.05) is 42.7 Å². The second-order valence-corrected chi connectivity index (χ2v) is 9.50. The normalized spacial score (nSPS) is 20.7. The second kappa shape index (κ2) is 9.97. The number of aromatic nitrogens is 3. The Morgan fingerprint density at radius 3 is 2.84 bits per heavy atom. The summed E-state index contributed by atoms with van der Waals surface area (Å²) < 4.78 is 6.50. The molecule has 0 radical (unpaired) electrons. The van der Waals surface area contributed by atoms with Crippen LogP contribution in [0, 0.1) is 18.8 Å². The first-order valence-electron chi connectivity index (χ1n) is 11.2. The number of hydrogen-bond acceptors (Lipinski definition) is 9. The molecular weight excluding hydrogens is 424 g/mol. The Balaban J connectivity index is 1.69. The predicted octanol–water partition coefficient (Wildman–Crippen LogP) is 3.91. The summed E-state index contributed by atoms with van der Waals surface area (Å²) >= 11 is 1.61. The Morgan fingerprint density at radius 2 is 2.09 bits per heavy atom. The lowest BCUT2D eigenvalue weighted by Gasteiger charge is -2.21. The molecule has 0 saturated heterocycles. The summed E-state index contributed by atoms with van der Waals surface area (Å²) in [6, 6.07) is 6.03. The van der Waals surface area contributed by atoms with E-state index in [-0.39, 0.29) is 12.6 Å². The molecule has 3 atom stereocenters. The fraction of sp³-hybridized carbons (Fsp3) is 0.522. The molecule has 1 aliphatic carbocycles. The number of nitrogens with zero attached hydrogens (tertiary/aromatic N) is 3. The van der Waals surface area contributed by atoms with Crippen LogP contribution in [0.3, 0.4) is 0 Å². The van der Waals surface area contributed by atoms with Crippen LogP contribution >= 0.6 is 11.3 Å². The van der Waals surface area contributed by atoms with Gasteiger partial charge in [-0.25, -0.2) is 9.97 Å². The Morgan fingerprint density at radius 1 is 1.25 bits per heavy atom. The zero-order valence-electron chi connectivity index (χ0n) is 18.9. The van der Waals surface area contributed by atoms with Gasteiger partial charge in [-0.3, -0.25) is 0 Å². The van der Waals surface area contributed by atoms with E-state index in [2.05, 4.69) is 17.6 Å². The third-order valence-corrected chi connectivity index (χ3v) is 7.06. The molecule has 0 amide bonds. The number of aryl methyl sites for hydroxylation is 1. The zero-order chi connectivity index (χ0) is 22.7. The maximum absolute atomic E-state index is 9.64. The molecule has 4 rings (SSSR count). The van der Waals surface area contributed by atoms with E-state index in [1.165, 1.54) is 0 Å². The number of benzene rings is 1. The second-order valence-electron chi connectivity index (χ2n) is 8.47. The van der Waals surface area contributed by atoms with Gasteiger partial charge in [-0.2, -0.15) is 4.98 Å². The number of nitrogens with one attached hydrogen (secondary N) is 2. The largest absolute Gasteiger partial charge is 0.399 e. The lowest BCUT2D eigenvalue weighted by molar-refractivity contribution is 0.158. The van der Waals surface area contributed by atoms with Crippen LogP contribution in [0.4, 0.5) is 17.5 Å². The SMILES string of the molecule is CCOCCNc1nc(C)c(-c2nc3cc(N)ccc3s2)c(N[C@@H]2C[C@H](CO)C[C@H]2C)n1. The molecule has 0 unspecified atom stereocenters. The minimum Gasteiger partial charge on any atom is -0.399 e. The van der Waals surface area contributed by atoms with Gasteiger partial charge < -0.3 is 26.2 Å². The predicted molar refractivity (Wildman–Crippen MR) is 131 cm³/mol. The van der Waals surface area contributed by atoms with E-state index in [1.54, 1.807) is 11.3 Å². The molecule has 172 valence electrons. The van der Waals surface area contributed by atoms with Crippen molar-refractivity contribution >= 4 is 39.0 Å². The van der Waals surface area contributed by atoms with Crippen molar-refractivity contribution < 1.29 is 9.84 Å². The number of thiazole rings is 1. The van der Waals surface area contributed by atoms with Gasteiger partial charge in [-0.05, 0) is 56.7 Å². The summed E-state index contributed by atoms with van der Waals surface area (Å²) in [5, 5.41) is 17.4. The highest BCUT2D eigenvalue weighted by Crippen LogP contribution is 2.39. The molecule has 8 nitrogen and oxygen atoms in total. The molecule has 1 aliphatic rings. The lowest BCUT2D eigenvalue weighted by Crippen LogP contribution is -2.24. The fourth-order valence-corrected chi connectivity index (χ4v) is 5.39. The van der Waals surface area contributed by atoms with Crippen LogP contribution in [0.5, 0.6) is 0 Å². The third kappa shape index (κ3) is 4.95. The summed E-state index contributed by atoms with van der Waals surface area (Å²) in [6.45, 7) is 8.33. The highest BCUT2D eigenvalue weighted by atomic mass is 32.1. The van der Waals surface area contributed by atoms with Gasteiger partial charge in [-0.15, -0.1) is 11.3 Å². The smallest absolute Gasteiger partial charge is 0.224 e. The first-order valence-corrected chi connectivity index (χ1v) is 12.0. The minimum atomic E-state index is 0.224. The highest BCUT2D eigenvalue weighted by Gasteiger charge is 2.32. The third-order valence-electron chi connectivity index (χ3n) is 6.01. The maximum Gasteiger partial charge on any atom is 0.224 e. The molecule has 3 aromatic rings. The lowest BCUT2D eigenvalue weighted by atomic mass is 10.1. The molecule has 1 aromatic carbocycles. The number of rotatable bonds is 9. The Labute approximate surface area is 192 Å². The van der Waals surface area contributed by atoms with Crippen LogP contribution in [0.25, 0.3) is 20.8 Å². The average molecular weight is 457 g/mol. The molecule has 0 aliphatic heterocycles. The first-order chi connectivity index (χ1) is 15.5. The summed E-state index contributed by atoms with van der Waals surface area (Å²) in [7, 11) is 0. The number of ether oxygens (including phenoxy) is 1. The van der Waals surface area contributed by atoms with Crippen molar-refractivity contribution in [1.82, 2.24) is 15.0 Å². The van der Waals surface area contributed by atoms with Gasteiger partial charge in [0, 0.05) is 31.5 Å². The first kappa shape index (κ1) is 22.7. The molecule has 5 N–H and O–H groups in total. The summed E-state index contributed by atoms with van der Waals surface area (Å²) in [5.41, 5.74) is 9.31. The molecule has 2 heterocycles. The average Bonchev–Trinajstić information content (AvgIpc) is 3.33. The van der Waals surface area contributed by atoms with Gasteiger partial charge in [-0.1, -0.05) is 6.92 Å². The van der Waals surface area contributed by atoms with Crippen LogP contribution in [0.2, 0.25) is 0 Å². The van der Waals surface area contributed by atoms with Crippen molar-refractivity contribution in [3.8, 4) is 10.6 Å². The Kier molecular flexibility index (Phi) is 7.07. The van der Waals surface area contributed by atoms with Crippen LogP contribution in [-0.2, 0) is 4.74 Å². The Hall–Kier alpha value is -2.49. The molecule has 1 saturated carbocycles. The van der Waals surface area contributed by atoms with Crippen LogP contribution in [0.15, 0.2) is 18.2 Å². The molecule has 9 heteroatoms. The summed E-state index contributed by atoms with van der Waals surface area (Å²) in [6.07, 6.45) is 1.93. The van der Waals surface area contributed by atoms with Crippen LogP contribution < -0.4 is 16.4 Å². The monoisotopic (exact) mass is 456 g/mol. The number of nitrogen functional groups attached to an aromatic ring is 1. The molecule has 32 heavy (non-hydrogen) atoms. The van der Waals surface area contributed by atoms with E-state index in [1.807, 2.05) is 32.0 Å². The minimum absolute atomic E-state index is 0.224. The number of nitrogens with two attached hydrogens (primary N) is 1. The summed E-state index contributed by atoms with van der Waals surface area (Å²) in [5.74, 6) is 2.12. The van der Waals surface area contributed by atoms with Crippen molar-refractivity contribution in [2.24, 2.45) is 11.8 Å². The van der Waals surface area contributed by atoms with Gasteiger partial charge in [0.1, 0.15) is 10.8 Å². The fourth-order valence-electron chi connectivity index (χ4n) is 4.35. The molecule has 2 aromatic heterocycles. The summed E-state index contributed by atoms with van der Waals surface area (Å²) in [4.78, 5) is 14.4. The number of anilines is 3. The van der Waals surface area contributed by atoms with Crippen molar-refractivity contribution in [1.29, 1.82) is 0 Å². The number of aliphatic hydroxyl groups excluding tert-OH is 1. The standard InChI is InChI=1S/C23H32N6O2S/c1-4-31-8-7-25-23-26-14(3)20(22-28-18-11-16(24)5-6-19(18)32-22)21(29-23)27-17-10-15(12-30)9-13(17)2/h5-6,11,13,15,17,30H,4,7-10,12,24H2,1-3H3,(H2,25,26,27,29)/t13-,15-,17-/m1/s1. The van der Waals surface area contributed by atoms with Crippen LogP contribution in [-0.4, -0.2) is 52.5 Å². The van der Waals surface area contributed by atoms with E-state index in [0.29, 0.717) is 43.2 Å². The highest BCUT2D eigenvalue weighted by molar-refractivity contribution is 7.21. The van der Waals surface area contributed by atoms with Crippen molar-refractivity contribution in [2.45, 2.75) is 39.7 Å². The molecule has 0 bridgehead atoms. The molecular formula is C23H32N6O2S. The van der Waals surface area contributed by atoms with E-state index >= 15 is 0 Å². The van der Waals surface area contributed by atoms with Gasteiger partial charge in [0.2, 0.25) is 5.95 Å². The van der Waals surface area contributed by atoms with Crippen molar-refractivity contribution in [3.05, 3.63) is 23.9 Å². The van der Waals surface area contributed by atoms with E-state index in [4.69, 9.17) is 25.4 Å². The van der Waals surface area contributed by atoms with E-state index in [0.717, 1.165) is 45.1 Å². The Bertz CT molecular complexity index is 1070. The number of hydrogen-bond donors (Lipinski definition) is 4. The quantitative estimate of drug-likeness (QED) is 0.283. The maximum atomic E-state index is 9.64. The van der Waals surface area contributed by atoms with Crippen molar-refractivity contribution in [3.63, 3.8) is 0 Å². The molecule has 0 spiro atoms. The van der Waals surface area contributed by atoms with Crippen LogP contribution in [0.1, 0.15) is 32.4 Å². The van der Waals surface area contributed by atoms with Gasteiger partial charge in [0.15, 0.2) is 0 Å². The van der Waals surface area contributed by atoms with Gasteiger partial charge in [0.25, 0.3) is 0 Å². The molecule has 1 fully saturated rings. The van der Waals surface area contributed by atoms with E-state index < -0.39 is 0 Å². The van der Waals surface area contributed by atoms with Gasteiger partial charge >= 0.3 is 0 Å². The zero-order valence-corrected chi connectivity index (χ0v) is 19.7. The number of fused-ring (bicyclic) bond motifs is 1. The topological polar surface area (TPSA) is 118 Å². The van der Waals surface area contributed by atoms with Gasteiger partial charge in [0.05, 0.1) is 28.1 Å². The number of aliphatic hydroxyl groups is 1.